The molecule has 0 aromatic rings. The molecule has 0 aromatic carbocycles. The smallest absolute Gasteiger partial charge is 0.0810 e. The molecule has 1 heterocycles. The Kier molecular flexibility index (Phi) is 6.25. The Labute approximate surface area is 89.2 Å². The first-order chi connectivity index (χ1) is 6.79. The monoisotopic (exact) mass is 198 g/mol. The van der Waals surface area contributed by atoms with Crippen molar-refractivity contribution in [2.75, 3.05) is 6.61 Å². The van der Waals surface area contributed by atoms with Crippen LogP contribution in [0.15, 0.2) is 0 Å². The molecule has 14 heavy (non-hydrogen) atoms. The minimum atomic E-state index is 0.649. The topological polar surface area (TPSA) is 12.5 Å². The summed E-state index contributed by atoms with van der Waals surface area (Å²) in [5.74, 6) is 0.891. The summed E-state index contributed by atoms with van der Waals surface area (Å²) < 4.78 is 5.18. The standard InChI is InChI=1S/C13H26O/c1-12(2)9-7-5-3-4-6-8-10-13-11-14-13/h12-13H,3-11H2,1-2H3. The van der Waals surface area contributed by atoms with Gasteiger partial charge < -0.3 is 4.74 Å². The van der Waals surface area contributed by atoms with E-state index in [0.29, 0.717) is 6.10 Å². The third kappa shape index (κ3) is 7.37. The molecule has 1 nitrogen and oxygen atoms in total. The Bertz CT molecular complexity index is 119. The van der Waals surface area contributed by atoms with E-state index >= 15 is 0 Å². The van der Waals surface area contributed by atoms with Crippen LogP contribution in [-0.2, 0) is 4.74 Å². The second-order valence-corrected chi connectivity index (χ2v) is 5.05. The highest BCUT2D eigenvalue weighted by Crippen LogP contribution is 2.18. The molecule has 1 heteroatoms. The average Bonchev–Trinajstić information content (AvgIpc) is 2.92. The normalized spacial score (nSPS) is 20.4. The van der Waals surface area contributed by atoms with Crippen molar-refractivity contribution in [2.24, 2.45) is 5.92 Å². The summed E-state index contributed by atoms with van der Waals surface area (Å²) in [7, 11) is 0. The third-order valence-electron chi connectivity index (χ3n) is 2.96. The Morgan fingerprint density at radius 3 is 2.14 bits per heavy atom. The molecule has 1 aliphatic rings. The molecular formula is C13H26O. The van der Waals surface area contributed by atoms with Crippen molar-refractivity contribution < 1.29 is 4.74 Å². The second-order valence-electron chi connectivity index (χ2n) is 5.05. The van der Waals surface area contributed by atoms with Crippen molar-refractivity contribution in [1.29, 1.82) is 0 Å². The van der Waals surface area contributed by atoms with Crippen molar-refractivity contribution in [2.45, 2.75) is 71.3 Å². The van der Waals surface area contributed by atoms with Gasteiger partial charge in [-0.25, -0.2) is 0 Å². The van der Waals surface area contributed by atoms with E-state index in [9.17, 15) is 0 Å². The van der Waals surface area contributed by atoms with Crippen LogP contribution in [0.4, 0.5) is 0 Å². The fourth-order valence-electron chi connectivity index (χ4n) is 1.87. The minimum Gasteiger partial charge on any atom is -0.373 e. The van der Waals surface area contributed by atoms with E-state index in [1.54, 1.807) is 0 Å². The first kappa shape index (κ1) is 12.0. The van der Waals surface area contributed by atoms with Crippen LogP contribution in [0.3, 0.4) is 0 Å². The van der Waals surface area contributed by atoms with Crippen molar-refractivity contribution in [1.82, 2.24) is 0 Å². The van der Waals surface area contributed by atoms with Crippen LogP contribution in [-0.4, -0.2) is 12.7 Å². The lowest BCUT2D eigenvalue weighted by Crippen LogP contribution is -1.88. The van der Waals surface area contributed by atoms with Crippen LogP contribution in [0.2, 0.25) is 0 Å². The van der Waals surface area contributed by atoms with Gasteiger partial charge in [-0.1, -0.05) is 58.8 Å². The summed E-state index contributed by atoms with van der Waals surface area (Å²) in [6.45, 7) is 5.67. The number of hydrogen-bond donors (Lipinski definition) is 0. The van der Waals surface area contributed by atoms with Gasteiger partial charge in [-0.2, -0.15) is 0 Å². The van der Waals surface area contributed by atoms with Crippen LogP contribution < -0.4 is 0 Å². The summed E-state index contributed by atoms with van der Waals surface area (Å²) in [4.78, 5) is 0. The van der Waals surface area contributed by atoms with Crippen molar-refractivity contribution in [3.05, 3.63) is 0 Å². The van der Waals surface area contributed by atoms with Crippen molar-refractivity contribution >= 4 is 0 Å². The van der Waals surface area contributed by atoms with Crippen LogP contribution in [0.5, 0.6) is 0 Å². The lowest BCUT2D eigenvalue weighted by molar-refractivity contribution is 0.387. The maximum atomic E-state index is 5.18. The van der Waals surface area contributed by atoms with Crippen LogP contribution in [0.25, 0.3) is 0 Å². The van der Waals surface area contributed by atoms with Gasteiger partial charge in [0.1, 0.15) is 0 Å². The molecule has 0 saturated carbocycles. The summed E-state index contributed by atoms with van der Waals surface area (Å²) in [5, 5.41) is 0. The molecule has 1 fully saturated rings. The molecule has 0 bridgehead atoms. The van der Waals surface area contributed by atoms with Gasteiger partial charge in [0.2, 0.25) is 0 Å². The van der Waals surface area contributed by atoms with Gasteiger partial charge in [0, 0.05) is 0 Å². The summed E-state index contributed by atoms with van der Waals surface area (Å²) >= 11 is 0. The number of unbranched alkanes of at least 4 members (excludes halogenated alkanes) is 5. The average molecular weight is 198 g/mol. The van der Waals surface area contributed by atoms with E-state index < -0.39 is 0 Å². The highest BCUT2D eigenvalue weighted by atomic mass is 16.6. The predicted octanol–water partition coefficient (Wildman–Crippen LogP) is 4.16. The number of hydrogen-bond acceptors (Lipinski definition) is 1. The highest BCUT2D eigenvalue weighted by Gasteiger charge is 2.20. The van der Waals surface area contributed by atoms with Gasteiger partial charge in [-0.3, -0.25) is 0 Å². The van der Waals surface area contributed by atoms with Crippen molar-refractivity contribution in [3.63, 3.8) is 0 Å². The third-order valence-corrected chi connectivity index (χ3v) is 2.96. The molecule has 1 saturated heterocycles. The Balaban J connectivity index is 1.66. The zero-order valence-corrected chi connectivity index (χ0v) is 9.93. The zero-order valence-electron chi connectivity index (χ0n) is 9.93. The van der Waals surface area contributed by atoms with E-state index in [-0.39, 0.29) is 0 Å². The first-order valence-electron chi connectivity index (χ1n) is 6.40. The fourth-order valence-corrected chi connectivity index (χ4v) is 1.87. The minimum absolute atomic E-state index is 0.649. The van der Waals surface area contributed by atoms with E-state index in [1.165, 1.54) is 51.4 Å². The highest BCUT2D eigenvalue weighted by molar-refractivity contribution is 4.68. The van der Waals surface area contributed by atoms with E-state index in [2.05, 4.69) is 13.8 Å². The Hall–Kier alpha value is -0.0400. The number of rotatable bonds is 9. The maximum absolute atomic E-state index is 5.18. The largest absolute Gasteiger partial charge is 0.373 e. The molecule has 1 aliphatic heterocycles. The lowest BCUT2D eigenvalue weighted by atomic mass is 10.0. The summed E-state index contributed by atoms with van der Waals surface area (Å²) in [6, 6.07) is 0. The molecule has 0 spiro atoms. The maximum Gasteiger partial charge on any atom is 0.0810 e. The Morgan fingerprint density at radius 2 is 1.57 bits per heavy atom. The van der Waals surface area contributed by atoms with Gasteiger partial charge in [0.05, 0.1) is 12.7 Å². The van der Waals surface area contributed by atoms with Gasteiger partial charge in [0.15, 0.2) is 0 Å². The van der Waals surface area contributed by atoms with Crippen LogP contribution in [0.1, 0.15) is 65.2 Å². The van der Waals surface area contributed by atoms with Gasteiger partial charge in [-0.15, -0.1) is 0 Å². The first-order valence-corrected chi connectivity index (χ1v) is 6.40. The predicted molar refractivity (Wildman–Crippen MR) is 61.5 cm³/mol. The summed E-state index contributed by atoms with van der Waals surface area (Å²) in [6.07, 6.45) is 11.9. The molecule has 1 unspecified atom stereocenters. The fraction of sp³-hybridized carbons (Fsp3) is 1.00. The molecule has 0 N–H and O–H groups in total. The van der Waals surface area contributed by atoms with E-state index in [4.69, 9.17) is 4.74 Å². The molecule has 0 amide bonds. The quantitative estimate of drug-likeness (QED) is 0.400. The molecule has 0 aliphatic carbocycles. The Morgan fingerprint density at radius 1 is 1.00 bits per heavy atom. The molecule has 1 atom stereocenters. The molecule has 0 radical (unpaired) electrons. The number of epoxide rings is 1. The second kappa shape index (κ2) is 7.28. The van der Waals surface area contributed by atoms with Crippen LogP contribution >= 0.6 is 0 Å². The van der Waals surface area contributed by atoms with E-state index in [0.717, 1.165) is 12.5 Å². The lowest BCUT2D eigenvalue weighted by Gasteiger charge is -2.03. The van der Waals surface area contributed by atoms with E-state index in [1.807, 2.05) is 0 Å². The van der Waals surface area contributed by atoms with Gasteiger partial charge in [0.25, 0.3) is 0 Å². The van der Waals surface area contributed by atoms with Crippen molar-refractivity contribution in [3.8, 4) is 0 Å². The molecule has 1 rings (SSSR count). The SMILES string of the molecule is CC(C)CCCCCCCCC1CO1. The molecule has 0 aromatic heterocycles. The number of ether oxygens (including phenoxy) is 1. The van der Waals surface area contributed by atoms with Crippen LogP contribution in [0, 0.1) is 5.92 Å². The molecule has 84 valence electrons. The van der Waals surface area contributed by atoms with Gasteiger partial charge >= 0.3 is 0 Å². The van der Waals surface area contributed by atoms with Gasteiger partial charge in [-0.05, 0) is 12.3 Å². The zero-order chi connectivity index (χ0) is 10.2. The molecular weight excluding hydrogens is 172 g/mol. The summed E-state index contributed by atoms with van der Waals surface area (Å²) in [5.41, 5.74) is 0.